The van der Waals surface area contributed by atoms with Gasteiger partial charge in [-0.2, -0.15) is 0 Å². The van der Waals surface area contributed by atoms with Crippen molar-refractivity contribution < 1.29 is 14.6 Å². The maximum Gasteiger partial charge on any atom is 0.406 e. The molecule has 0 aromatic carbocycles. The molecule has 4 nitrogen and oxygen atoms in total. The zero-order valence-corrected chi connectivity index (χ0v) is 4.84. The van der Waals surface area contributed by atoms with E-state index < -0.39 is 11.9 Å². The molecule has 0 unspecified atom stereocenters. The van der Waals surface area contributed by atoms with E-state index in [-0.39, 0.29) is 0 Å². The molecular weight excluding hydrogens is 110 g/mol. The van der Waals surface area contributed by atoms with Crippen LogP contribution in [0.2, 0.25) is 0 Å². The van der Waals surface area contributed by atoms with Crippen molar-refractivity contribution in [2.75, 3.05) is 0 Å². The van der Waals surface area contributed by atoms with E-state index in [1.54, 1.807) is 0 Å². The molecule has 0 aromatic rings. The van der Waals surface area contributed by atoms with Gasteiger partial charge in [-0.05, 0) is 0 Å². The Morgan fingerprint density at radius 2 is 2.12 bits per heavy atom. The molecule has 48 valence electrons. The molecule has 3 N–H and O–H groups in total. The molecule has 0 saturated heterocycles. The largest absolute Gasteiger partial charge is 0.418 e. The SMILES string of the molecule is CC(C)(O)OC(N)=O. The Bertz CT molecular complexity index is 93.9. The summed E-state index contributed by atoms with van der Waals surface area (Å²) < 4.78 is 4.13. The highest BCUT2D eigenvalue weighted by atomic mass is 16.7. The fraction of sp³-hybridized carbons (Fsp3) is 0.750. The Morgan fingerprint density at radius 1 is 1.75 bits per heavy atom. The van der Waals surface area contributed by atoms with Crippen molar-refractivity contribution in [1.82, 2.24) is 0 Å². The lowest BCUT2D eigenvalue weighted by Crippen LogP contribution is -2.30. The van der Waals surface area contributed by atoms with Crippen molar-refractivity contribution in [3.05, 3.63) is 0 Å². The summed E-state index contributed by atoms with van der Waals surface area (Å²) in [7, 11) is 0. The minimum Gasteiger partial charge on any atom is -0.418 e. The molecule has 0 heterocycles. The van der Waals surface area contributed by atoms with Gasteiger partial charge in [0.2, 0.25) is 5.79 Å². The summed E-state index contributed by atoms with van der Waals surface area (Å²) in [4.78, 5) is 9.85. The van der Waals surface area contributed by atoms with Gasteiger partial charge in [-0.25, -0.2) is 4.79 Å². The molecule has 1 amide bonds. The van der Waals surface area contributed by atoms with Crippen LogP contribution in [0, 0.1) is 0 Å². The van der Waals surface area contributed by atoms with Gasteiger partial charge in [0.25, 0.3) is 0 Å². The van der Waals surface area contributed by atoms with Crippen LogP contribution in [-0.4, -0.2) is 17.0 Å². The van der Waals surface area contributed by atoms with Crippen molar-refractivity contribution in [3.8, 4) is 0 Å². The van der Waals surface area contributed by atoms with Gasteiger partial charge in [0.1, 0.15) is 0 Å². The summed E-state index contributed by atoms with van der Waals surface area (Å²) in [5.74, 6) is -1.45. The van der Waals surface area contributed by atoms with Crippen molar-refractivity contribution in [2.45, 2.75) is 19.6 Å². The number of primary amides is 1. The molecule has 0 radical (unpaired) electrons. The van der Waals surface area contributed by atoms with E-state index >= 15 is 0 Å². The van der Waals surface area contributed by atoms with Gasteiger partial charge < -0.3 is 15.6 Å². The fourth-order valence-electron chi connectivity index (χ4n) is 0.246. The van der Waals surface area contributed by atoms with Gasteiger partial charge in [-0.1, -0.05) is 0 Å². The quantitative estimate of drug-likeness (QED) is 0.470. The first-order valence-corrected chi connectivity index (χ1v) is 2.12. The molecule has 0 rings (SSSR count). The van der Waals surface area contributed by atoms with Crippen molar-refractivity contribution in [2.24, 2.45) is 5.73 Å². The number of aliphatic hydroxyl groups is 1. The lowest BCUT2D eigenvalue weighted by molar-refractivity contribution is -0.128. The Hall–Kier alpha value is -0.770. The summed E-state index contributed by atoms with van der Waals surface area (Å²) in [5.41, 5.74) is 4.56. The number of carbonyl (C=O) groups excluding carboxylic acids is 1. The minimum absolute atomic E-state index is 0.975. The Morgan fingerprint density at radius 3 is 2.12 bits per heavy atom. The average Bonchev–Trinajstić information content (AvgIpc) is 1.21. The highest BCUT2D eigenvalue weighted by molar-refractivity contribution is 5.64. The van der Waals surface area contributed by atoms with Crippen LogP contribution in [0.25, 0.3) is 0 Å². The molecule has 0 atom stereocenters. The summed E-state index contributed by atoms with van der Waals surface area (Å²) >= 11 is 0. The molecule has 0 saturated carbocycles. The van der Waals surface area contributed by atoms with E-state index in [0.717, 1.165) is 0 Å². The van der Waals surface area contributed by atoms with Crippen LogP contribution in [-0.2, 0) is 4.74 Å². The third-order valence-corrected chi connectivity index (χ3v) is 0.350. The summed E-state index contributed by atoms with van der Waals surface area (Å²) in [5, 5.41) is 8.66. The molecule has 0 aromatic heterocycles. The second-order valence-electron chi connectivity index (χ2n) is 1.87. The summed E-state index contributed by atoms with van der Waals surface area (Å²) in [6, 6.07) is 0. The van der Waals surface area contributed by atoms with Crippen LogP contribution >= 0.6 is 0 Å². The first-order chi connectivity index (χ1) is 3.42. The highest BCUT2D eigenvalue weighted by Crippen LogP contribution is 2.00. The molecule has 0 aliphatic rings. The second kappa shape index (κ2) is 2.00. The third-order valence-electron chi connectivity index (χ3n) is 0.350. The molecule has 8 heavy (non-hydrogen) atoms. The topological polar surface area (TPSA) is 72.6 Å². The molecule has 4 heteroatoms. The second-order valence-corrected chi connectivity index (χ2v) is 1.87. The fourth-order valence-corrected chi connectivity index (χ4v) is 0.246. The van der Waals surface area contributed by atoms with E-state index in [1.165, 1.54) is 13.8 Å². The van der Waals surface area contributed by atoms with Crippen LogP contribution in [0.15, 0.2) is 0 Å². The van der Waals surface area contributed by atoms with Crippen LogP contribution in [0.4, 0.5) is 4.79 Å². The van der Waals surface area contributed by atoms with Crippen molar-refractivity contribution >= 4 is 6.09 Å². The third kappa shape index (κ3) is 5.23. The normalized spacial score (nSPS) is 10.9. The van der Waals surface area contributed by atoms with Crippen LogP contribution in [0.1, 0.15) is 13.8 Å². The smallest absolute Gasteiger partial charge is 0.406 e. The van der Waals surface area contributed by atoms with Gasteiger partial charge in [0.15, 0.2) is 0 Å². The van der Waals surface area contributed by atoms with E-state index in [9.17, 15) is 4.79 Å². The Balaban J connectivity index is 3.55. The van der Waals surface area contributed by atoms with E-state index in [0.29, 0.717) is 0 Å². The van der Waals surface area contributed by atoms with E-state index in [2.05, 4.69) is 10.5 Å². The lowest BCUT2D eigenvalue weighted by atomic mass is 10.4. The number of hydrogen-bond acceptors (Lipinski definition) is 3. The van der Waals surface area contributed by atoms with Crippen LogP contribution < -0.4 is 5.73 Å². The van der Waals surface area contributed by atoms with E-state index in [1.807, 2.05) is 0 Å². The number of hydrogen-bond donors (Lipinski definition) is 2. The first kappa shape index (κ1) is 7.23. The molecular formula is C4H9NO3. The van der Waals surface area contributed by atoms with Gasteiger partial charge in [-0.15, -0.1) is 0 Å². The monoisotopic (exact) mass is 119 g/mol. The molecule has 0 aliphatic carbocycles. The zero-order chi connectivity index (χ0) is 6.78. The van der Waals surface area contributed by atoms with Gasteiger partial charge in [0.05, 0.1) is 0 Å². The standard InChI is InChI=1S/C4H9NO3/c1-4(2,7)8-3(5)6/h7H,1-2H3,(H2,5,6). The lowest BCUT2D eigenvalue weighted by Gasteiger charge is -2.15. The van der Waals surface area contributed by atoms with Crippen LogP contribution in [0.3, 0.4) is 0 Å². The van der Waals surface area contributed by atoms with Crippen molar-refractivity contribution in [3.63, 3.8) is 0 Å². The highest BCUT2D eigenvalue weighted by Gasteiger charge is 2.14. The van der Waals surface area contributed by atoms with Crippen molar-refractivity contribution in [1.29, 1.82) is 0 Å². The molecule has 0 spiro atoms. The number of nitrogens with two attached hydrogens (primary N) is 1. The molecule has 0 bridgehead atoms. The maximum absolute atomic E-state index is 9.85. The summed E-state index contributed by atoms with van der Waals surface area (Å²) in [6.07, 6.45) is -0.975. The Kier molecular flexibility index (Phi) is 1.81. The Labute approximate surface area is 47.2 Å². The van der Waals surface area contributed by atoms with Gasteiger partial charge in [-0.3, -0.25) is 0 Å². The zero-order valence-electron chi connectivity index (χ0n) is 4.84. The van der Waals surface area contributed by atoms with Crippen LogP contribution in [0.5, 0.6) is 0 Å². The van der Waals surface area contributed by atoms with Gasteiger partial charge in [0, 0.05) is 13.8 Å². The maximum atomic E-state index is 9.85. The predicted molar refractivity (Wildman–Crippen MR) is 27.0 cm³/mol. The first-order valence-electron chi connectivity index (χ1n) is 2.12. The summed E-state index contributed by atoms with van der Waals surface area (Å²) in [6.45, 7) is 2.63. The number of amides is 1. The number of ether oxygens (including phenoxy) is 1. The number of rotatable bonds is 1. The molecule has 0 fully saturated rings. The average molecular weight is 119 g/mol. The number of carbonyl (C=O) groups is 1. The predicted octanol–water partition coefficient (Wildman–Crippen LogP) is -0.190. The van der Waals surface area contributed by atoms with Gasteiger partial charge >= 0.3 is 6.09 Å². The minimum atomic E-state index is -1.45. The van der Waals surface area contributed by atoms with E-state index in [4.69, 9.17) is 5.11 Å². The molecule has 0 aliphatic heterocycles.